The van der Waals surface area contributed by atoms with Crippen molar-refractivity contribution in [3.8, 4) is 11.6 Å². The summed E-state index contributed by atoms with van der Waals surface area (Å²) in [6.45, 7) is 0.836. The molecular formula is C17H19F2N3O2. The second-order valence-corrected chi connectivity index (χ2v) is 5.65. The molecule has 0 spiro atoms. The van der Waals surface area contributed by atoms with Crippen LogP contribution in [0.3, 0.4) is 0 Å². The molecule has 1 aromatic carbocycles. The number of rotatable bonds is 5. The Balaban J connectivity index is 1.75. The molecule has 2 heterocycles. The molecule has 0 radical (unpaired) electrons. The van der Waals surface area contributed by atoms with Crippen LogP contribution in [0.5, 0.6) is 11.6 Å². The van der Waals surface area contributed by atoms with Crippen molar-refractivity contribution in [3.63, 3.8) is 0 Å². The predicted molar refractivity (Wildman–Crippen MR) is 84.2 cm³/mol. The van der Waals surface area contributed by atoms with Crippen molar-refractivity contribution in [2.45, 2.75) is 32.5 Å². The maximum Gasteiger partial charge on any atom is 0.387 e. The van der Waals surface area contributed by atoms with Crippen molar-refractivity contribution in [2.24, 2.45) is 0 Å². The molecule has 3 rings (SSSR count). The number of fused-ring (bicyclic) bond motifs is 1. The first-order valence-corrected chi connectivity index (χ1v) is 7.74. The normalized spacial score (nSPS) is 15.9. The van der Waals surface area contributed by atoms with Crippen molar-refractivity contribution < 1.29 is 18.3 Å². The molecule has 0 N–H and O–H groups in total. The Morgan fingerprint density at radius 2 is 1.92 bits per heavy atom. The van der Waals surface area contributed by atoms with Gasteiger partial charge in [-0.25, -0.2) is 9.97 Å². The van der Waals surface area contributed by atoms with Crippen molar-refractivity contribution in [2.75, 3.05) is 13.7 Å². The lowest BCUT2D eigenvalue weighted by Gasteiger charge is -2.33. The second kappa shape index (κ2) is 7.09. The largest absolute Gasteiger partial charge is 0.481 e. The minimum Gasteiger partial charge on any atom is -0.481 e. The van der Waals surface area contributed by atoms with Crippen LogP contribution in [0.15, 0.2) is 30.6 Å². The Kier molecular flexibility index (Phi) is 4.89. The Hall–Kier alpha value is -2.28. The number of benzene rings is 1. The van der Waals surface area contributed by atoms with E-state index in [1.54, 1.807) is 19.2 Å². The van der Waals surface area contributed by atoms with E-state index in [0.29, 0.717) is 12.4 Å². The Labute approximate surface area is 139 Å². The summed E-state index contributed by atoms with van der Waals surface area (Å²) in [7, 11) is 1.60. The topological polar surface area (TPSA) is 47.5 Å². The van der Waals surface area contributed by atoms with Crippen LogP contribution in [0.25, 0.3) is 0 Å². The molecule has 1 aromatic heterocycles. The molecule has 0 bridgehead atoms. The lowest BCUT2D eigenvalue weighted by molar-refractivity contribution is -0.0498. The Bertz CT molecular complexity index is 680. The molecule has 7 heteroatoms. The van der Waals surface area contributed by atoms with Gasteiger partial charge in [0.05, 0.1) is 12.8 Å². The van der Waals surface area contributed by atoms with Gasteiger partial charge in [-0.15, -0.1) is 0 Å². The molecule has 0 fully saturated rings. The third-order valence-corrected chi connectivity index (χ3v) is 4.32. The number of nitrogens with zero attached hydrogens (tertiary/aromatic N) is 3. The monoisotopic (exact) mass is 335 g/mol. The molecule has 24 heavy (non-hydrogen) atoms. The van der Waals surface area contributed by atoms with Crippen LogP contribution in [-0.2, 0) is 13.0 Å². The number of methoxy groups -OCH3 is 1. The van der Waals surface area contributed by atoms with Crippen LogP contribution < -0.4 is 9.47 Å². The lowest BCUT2D eigenvalue weighted by atomic mass is 10.0. The van der Waals surface area contributed by atoms with E-state index in [1.165, 1.54) is 6.33 Å². The van der Waals surface area contributed by atoms with Gasteiger partial charge in [-0.05, 0) is 24.6 Å². The van der Waals surface area contributed by atoms with Crippen molar-refractivity contribution in [1.82, 2.24) is 14.9 Å². The van der Waals surface area contributed by atoms with Gasteiger partial charge in [0.25, 0.3) is 0 Å². The van der Waals surface area contributed by atoms with E-state index in [0.717, 1.165) is 29.8 Å². The fraction of sp³-hybridized carbons (Fsp3) is 0.412. The van der Waals surface area contributed by atoms with Gasteiger partial charge in [0.2, 0.25) is 5.88 Å². The summed E-state index contributed by atoms with van der Waals surface area (Å²) >= 11 is 0. The molecule has 128 valence electrons. The zero-order valence-corrected chi connectivity index (χ0v) is 13.6. The maximum atomic E-state index is 12.2. The molecule has 0 aliphatic carbocycles. The summed E-state index contributed by atoms with van der Waals surface area (Å²) in [6.07, 6.45) is 2.35. The zero-order chi connectivity index (χ0) is 17.1. The third kappa shape index (κ3) is 3.46. The highest BCUT2D eigenvalue weighted by molar-refractivity contribution is 5.33. The highest BCUT2D eigenvalue weighted by Gasteiger charge is 2.25. The highest BCUT2D eigenvalue weighted by Crippen LogP contribution is 2.31. The van der Waals surface area contributed by atoms with Crippen LogP contribution in [-0.4, -0.2) is 35.1 Å². The van der Waals surface area contributed by atoms with Crippen molar-refractivity contribution in [1.29, 1.82) is 0 Å². The van der Waals surface area contributed by atoms with E-state index < -0.39 is 6.61 Å². The summed E-state index contributed by atoms with van der Waals surface area (Å²) in [4.78, 5) is 10.8. The standard InChI is InChI=1S/C17H19F2N3O2/c1-11(12-3-5-13(6-4-12)24-17(18)19)22-8-7-15-14(9-22)16(23-2)21-10-20-15/h3-6,10-11,17H,7-9H2,1-2H3. The molecule has 5 nitrogen and oxygen atoms in total. The van der Waals surface area contributed by atoms with Gasteiger partial charge < -0.3 is 9.47 Å². The van der Waals surface area contributed by atoms with Gasteiger partial charge in [0.15, 0.2) is 0 Å². The minimum absolute atomic E-state index is 0.128. The smallest absolute Gasteiger partial charge is 0.387 e. The quantitative estimate of drug-likeness (QED) is 0.840. The van der Waals surface area contributed by atoms with Gasteiger partial charge in [-0.1, -0.05) is 12.1 Å². The number of halogens is 2. The summed E-state index contributed by atoms with van der Waals surface area (Å²) in [5, 5.41) is 0. The fourth-order valence-corrected chi connectivity index (χ4v) is 2.98. The van der Waals surface area contributed by atoms with Crippen molar-refractivity contribution >= 4 is 0 Å². The van der Waals surface area contributed by atoms with Crippen molar-refractivity contribution in [3.05, 3.63) is 47.4 Å². The average Bonchev–Trinajstić information content (AvgIpc) is 2.60. The van der Waals surface area contributed by atoms with Crippen LogP contribution in [0, 0.1) is 0 Å². The Morgan fingerprint density at radius 1 is 1.17 bits per heavy atom. The van der Waals surface area contributed by atoms with Crippen LogP contribution in [0.1, 0.15) is 29.8 Å². The predicted octanol–water partition coefficient (Wildman–Crippen LogP) is 3.21. The van der Waals surface area contributed by atoms with E-state index in [4.69, 9.17) is 4.74 Å². The van der Waals surface area contributed by atoms with E-state index in [9.17, 15) is 8.78 Å². The molecule has 0 saturated heterocycles. The first-order chi connectivity index (χ1) is 11.6. The van der Waals surface area contributed by atoms with E-state index in [1.807, 2.05) is 12.1 Å². The molecule has 0 saturated carbocycles. The van der Waals surface area contributed by atoms with Gasteiger partial charge in [-0.3, -0.25) is 4.90 Å². The second-order valence-electron chi connectivity index (χ2n) is 5.65. The summed E-state index contributed by atoms with van der Waals surface area (Å²) in [5.41, 5.74) is 3.07. The van der Waals surface area contributed by atoms with E-state index >= 15 is 0 Å². The highest BCUT2D eigenvalue weighted by atomic mass is 19.3. The SMILES string of the molecule is COc1ncnc2c1CN(C(C)c1ccc(OC(F)F)cc1)CC2. The Morgan fingerprint density at radius 3 is 2.58 bits per heavy atom. The van der Waals surface area contributed by atoms with Gasteiger partial charge in [-0.2, -0.15) is 8.78 Å². The summed E-state index contributed by atoms with van der Waals surface area (Å²) in [5.74, 6) is 0.776. The van der Waals surface area contributed by atoms with Crippen LogP contribution in [0.2, 0.25) is 0 Å². The minimum atomic E-state index is -2.81. The van der Waals surface area contributed by atoms with Crippen LogP contribution in [0.4, 0.5) is 8.78 Å². The molecule has 1 aliphatic heterocycles. The van der Waals surface area contributed by atoms with Gasteiger partial charge >= 0.3 is 6.61 Å². The molecule has 2 aromatic rings. The zero-order valence-electron chi connectivity index (χ0n) is 13.6. The third-order valence-electron chi connectivity index (χ3n) is 4.32. The summed E-state index contributed by atoms with van der Waals surface area (Å²) < 4.78 is 34.2. The lowest BCUT2D eigenvalue weighted by Crippen LogP contribution is -2.33. The van der Waals surface area contributed by atoms with E-state index in [2.05, 4.69) is 26.5 Å². The van der Waals surface area contributed by atoms with Gasteiger partial charge in [0, 0.05) is 31.1 Å². The number of alkyl halides is 2. The number of ether oxygens (including phenoxy) is 2. The number of aromatic nitrogens is 2. The molecule has 0 amide bonds. The molecule has 1 atom stereocenters. The summed E-state index contributed by atoms with van der Waals surface area (Å²) in [6, 6.07) is 6.90. The fourth-order valence-electron chi connectivity index (χ4n) is 2.98. The van der Waals surface area contributed by atoms with Crippen LogP contribution >= 0.6 is 0 Å². The average molecular weight is 335 g/mol. The maximum absolute atomic E-state index is 12.2. The van der Waals surface area contributed by atoms with Gasteiger partial charge in [0.1, 0.15) is 12.1 Å². The van der Waals surface area contributed by atoms with E-state index in [-0.39, 0.29) is 11.8 Å². The number of hydrogen-bond donors (Lipinski definition) is 0. The molecular weight excluding hydrogens is 316 g/mol. The first kappa shape index (κ1) is 16.6. The molecule has 1 aliphatic rings. The molecule has 1 unspecified atom stereocenters. The first-order valence-electron chi connectivity index (χ1n) is 7.74. The number of hydrogen-bond acceptors (Lipinski definition) is 5.